The molecule has 9 heteroatoms. The van der Waals surface area contributed by atoms with Gasteiger partial charge in [-0.3, -0.25) is 4.90 Å². The zero-order valence-electron chi connectivity index (χ0n) is 26.1. The molecule has 0 unspecified atom stereocenters. The molecule has 0 atom stereocenters. The summed E-state index contributed by atoms with van der Waals surface area (Å²) < 4.78 is 5.50. The Labute approximate surface area is 292 Å². The minimum absolute atomic E-state index is 0.206. The molecule has 0 saturated carbocycles. The maximum absolute atomic E-state index is 12.3. The molecule has 242 valence electrons. The number of nitrogens with zero attached hydrogens (tertiary/aromatic N) is 2. The third-order valence-corrected chi connectivity index (χ3v) is 8.61. The van der Waals surface area contributed by atoms with E-state index in [0.717, 1.165) is 47.1 Å². The number of halogens is 4. The average Bonchev–Trinajstić information content (AvgIpc) is 3.03. The smallest absolute Gasteiger partial charge is 0.410 e. The molecular weight excluding hydrogens is 662 g/mol. The van der Waals surface area contributed by atoms with Crippen LogP contribution in [-0.2, 0) is 9.53 Å². The lowest BCUT2D eigenvalue weighted by Gasteiger charge is -2.37. The minimum Gasteiger partial charge on any atom is -0.444 e. The van der Waals surface area contributed by atoms with Gasteiger partial charge in [-0.2, -0.15) is 0 Å². The number of aldehydes is 1. The van der Waals surface area contributed by atoms with Gasteiger partial charge in [-0.15, -0.1) is 0 Å². The minimum atomic E-state index is -0.470. The number of carbonyl (C=O) groups is 2. The van der Waals surface area contributed by atoms with Gasteiger partial charge < -0.3 is 14.4 Å². The second-order valence-corrected chi connectivity index (χ2v) is 13.9. The molecule has 0 aliphatic carbocycles. The van der Waals surface area contributed by atoms with Crippen molar-refractivity contribution in [2.75, 3.05) is 32.7 Å². The summed E-state index contributed by atoms with van der Waals surface area (Å²) >= 11 is 23.8. The Kier molecular flexibility index (Phi) is 13.0. The first-order chi connectivity index (χ1) is 21.9. The van der Waals surface area contributed by atoms with Gasteiger partial charge >= 0.3 is 6.09 Å². The molecule has 0 aromatic heterocycles. The van der Waals surface area contributed by atoms with E-state index in [1.54, 1.807) is 29.2 Å². The van der Waals surface area contributed by atoms with E-state index in [2.05, 4.69) is 29.2 Å². The van der Waals surface area contributed by atoms with Crippen LogP contribution in [0.1, 0.15) is 54.9 Å². The van der Waals surface area contributed by atoms with Crippen molar-refractivity contribution in [3.8, 4) is 0 Å². The lowest BCUT2D eigenvalue weighted by molar-refractivity contribution is -0.108. The van der Waals surface area contributed by atoms with Crippen molar-refractivity contribution in [2.24, 2.45) is 0 Å². The summed E-state index contributed by atoms with van der Waals surface area (Å²) in [6.07, 6.45) is 0.691. The summed E-state index contributed by atoms with van der Waals surface area (Å²) in [7, 11) is 0. The van der Waals surface area contributed by atoms with Crippen molar-refractivity contribution in [3.05, 3.63) is 139 Å². The van der Waals surface area contributed by atoms with Gasteiger partial charge in [0.2, 0.25) is 0 Å². The number of hydrogen-bond donors (Lipinski definition) is 0. The highest BCUT2D eigenvalue weighted by Gasteiger charge is 2.27. The van der Waals surface area contributed by atoms with Gasteiger partial charge in [0.1, 0.15) is 11.9 Å². The van der Waals surface area contributed by atoms with E-state index in [1.807, 2.05) is 69.3 Å². The molecule has 1 fully saturated rings. The number of benzene rings is 4. The molecule has 5 rings (SSSR count). The zero-order chi connectivity index (χ0) is 33.3. The Morgan fingerprint density at radius 1 is 0.652 bits per heavy atom. The third kappa shape index (κ3) is 10.8. The summed E-state index contributed by atoms with van der Waals surface area (Å²) in [5.41, 5.74) is 3.80. The van der Waals surface area contributed by atoms with Gasteiger partial charge in [-0.1, -0.05) is 94.9 Å². The Morgan fingerprint density at radius 2 is 1.00 bits per heavy atom. The fourth-order valence-corrected chi connectivity index (χ4v) is 5.68. The van der Waals surface area contributed by atoms with Gasteiger partial charge in [0.05, 0.1) is 5.92 Å². The van der Waals surface area contributed by atoms with Crippen LogP contribution in [0.25, 0.3) is 0 Å². The Hall–Kier alpha value is -3.06. The number of hydrogen-bond acceptors (Lipinski definition) is 4. The summed E-state index contributed by atoms with van der Waals surface area (Å²) in [6.45, 7) is 9.52. The molecule has 0 bridgehead atoms. The van der Waals surface area contributed by atoms with Crippen molar-refractivity contribution in [2.45, 2.75) is 38.2 Å². The first-order valence-electron chi connectivity index (χ1n) is 15.1. The lowest BCUT2D eigenvalue weighted by Crippen LogP contribution is -2.50. The molecular formula is C37H38Cl4N2O3. The van der Waals surface area contributed by atoms with Crippen molar-refractivity contribution >= 4 is 58.8 Å². The number of amides is 1. The lowest BCUT2D eigenvalue weighted by atomic mass is 9.90. The molecule has 5 nitrogen and oxygen atoms in total. The third-order valence-electron chi connectivity index (χ3n) is 7.60. The highest BCUT2D eigenvalue weighted by molar-refractivity contribution is 6.31. The van der Waals surface area contributed by atoms with Crippen molar-refractivity contribution in [1.29, 1.82) is 0 Å². The molecule has 4 aromatic rings. The number of rotatable bonds is 7. The highest BCUT2D eigenvalue weighted by Crippen LogP contribution is 2.29. The van der Waals surface area contributed by atoms with Crippen molar-refractivity contribution in [1.82, 2.24) is 9.80 Å². The Balaban J connectivity index is 0.000000240. The van der Waals surface area contributed by atoms with Crippen molar-refractivity contribution in [3.63, 3.8) is 0 Å². The number of ether oxygens (including phenoxy) is 1. The van der Waals surface area contributed by atoms with Crippen LogP contribution in [0, 0.1) is 0 Å². The quantitative estimate of drug-likeness (QED) is 0.180. The van der Waals surface area contributed by atoms with E-state index in [-0.39, 0.29) is 17.9 Å². The summed E-state index contributed by atoms with van der Waals surface area (Å²) in [5, 5.41) is 2.79. The largest absolute Gasteiger partial charge is 0.444 e. The number of carbonyl (C=O) groups excluding carboxylic acids is 2. The second kappa shape index (κ2) is 16.7. The van der Waals surface area contributed by atoms with Crippen LogP contribution in [0.2, 0.25) is 20.1 Å². The van der Waals surface area contributed by atoms with E-state index >= 15 is 0 Å². The van der Waals surface area contributed by atoms with Gasteiger partial charge in [0.15, 0.2) is 0 Å². The van der Waals surface area contributed by atoms with Crippen LogP contribution in [0.5, 0.6) is 0 Å². The molecule has 1 amide bonds. The summed E-state index contributed by atoms with van der Waals surface area (Å²) in [4.78, 5) is 27.7. The van der Waals surface area contributed by atoms with Crippen LogP contribution in [0.3, 0.4) is 0 Å². The van der Waals surface area contributed by atoms with Crippen LogP contribution in [0.15, 0.2) is 97.1 Å². The molecule has 0 radical (unpaired) electrons. The van der Waals surface area contributed by atoms with E-state index in [1.165, 1.54) is 11.1 Å². The molecule has 4 aromatic carbocycles. The van der Waals surface area contributed by atoms with Gasteiger partial charge in [-0.05, 0) is 91.6 Å². The first-order valence-corrected chi connectivity index (χ1v) is 16.6. The summed E-state index contributed by atoms with van der Waals surface area (Å²) in [6, 6.07) is 30.6. The monoisotopic (exact) mass is 698 g/mol. The number of piperazine rings is 1. The van der Waals surface area contributed by atoms with Crippen molar-refractivity contribution < 1.29 is 14.3 Å². The van der Waals surface area contributed by atoms with Gasteiger partial charge in [-0.25, -0.2) is 4.79 Å². The average molecular weight is 701 g/mol. The Bertz CT molecular complexity index is 1460. The van der Waals surface area contributed by atoms with Crippen LogP contribution in [0.4, 0.5) is 4.79 Å². The predicted molar refractivity (Wildman–Crippen MR) is 190 cm³/mol. The zero-order valence-corrected chi connectivity index (χ0v) is 29.2. The molecule has 46 heavy (non-hydrogen) atoms. The van der Waals surface area contributed by atoms with Gasteiger partial charge in [0, 0.05) is 58.7 Å². The molecule has 1 aliphatic heterocycles. The van der Waals surface area contributed by atoms with Gasteiger partial charge in [0.25, 0.3) is 0 Å². The van der Waals surface area contributed by atoms with Crippen LogP contribution < -0.4 is 0 Å². The molecule has 0 N–H and O–H groups in total. The van der Waals surface area contributed by atoms with Crippen LogP contribution >= 0.6 is 46.4 Å². The molecule has 1 saturated heterocycles. The molecule has 1 heterocycles. The SMILES string of the molecule is CC(C)(C)OC(=O)N1CCN(CC(c2ccc(Cl)cc2)c2ccc(Cl)cc2)CC1.O=CC(c1ccc(Cl)cc1)c1ccc(Cl)cc1. The maximum Gasteiger partial charge on any atom is 0.410 e. The standard InChI is InChI=1S/C23H28Cl2N2O2.C14H10Cl2O/c1-23(2,3)29-22(28)27-14-12-26(13-15-27)16-21(17-4-8-19(24)9-5-17)18-6-10-20(25)11-7-18;15-12-5-1-10(2-6-12)14(9-17)11-3-7-13(16)8-4-11/h4-11,21H,12-16H2,1-3H3;1-9,14H. The van der Waals surface area contributed by atoms with E-state index in [4.69, 9.17) is 51.1 Å². The second-order valence-electron chi connectivity index (χ2n) is 12.1. The molecule has 0 spiro atoms. The highest BCUT2D eigenvalue weighted by atomic mass is 35.5. The fraction of sp³-hybridized carbons (Fsp3) is 0.297. The topological polar surface area (TPSA) is 49.9 Å². The Morgan fingerprint density at radius 3 is 1.33 bits per heavy atom. The fourth-order valence-electron chi connectivity index (χ4n) is 5.18. The molecule has 1 aliphatic rings. The predicted octanol–water partition coefficient (Wildman–Crippen LogP) is 10.0. The van der Waals surface area contributed by atoms with E-state index < -0.39 is 5.60 Å². The first kappa shape index (κ1) is 35.8. The normalized spacial score (nSPS) is 13.7. The van der Waals surface area contributed by atoms with E-state index in [9.17, 15) is 9.59 Å². The maximum atomic E-state index is 12.3. The van der Waals surface area contributed by atoms with Crippen LogP contribution in [-0.4, -0.2) is 60.5 Å². The summed E-state index contributed by atoms with van der Waals surface area (Å²) in [5.74, 6) is -0.0675. The van der Waals surface area contributed by atoms with E-state index in [0.29, 0.717) is 23.1 Å².